The van der Waals surface area contributed by atoms with E-state index in [4.69, 9.17) is 4.74 Å². The van der Waals surface area contributed by atoms with Crippen LogP contribution in [0.15, 0.2) is 30.4 Å². The number of ether oxygens (including phenoxy) is 1. The molecule has 4 heterocycles. The Morgan fingerprint density at radius 3 is 2.26 bits per heavy atom. The smallest absolute Gasteiger partial charge is 0.328 e. The van der Waals surface area contributed by atoms with Crippen molar-refractivity contribution in [2.24, 2.45) is 5.92 Å². The fourth-order valence-electron chi connectivity index (χ4n) is 7.57. The highest BCUT2D eigenvalue weighted by atomic mass is 19.1. The summed E-state index contributed by atoms with van der Waals surface area (Å²) in [6.45, 7) is 5.26. The maximum absolute atomic E-state index is 14.3. The Labute approximate surface area is 307 Å². The molecule has 4 fully saturated rings. The third-order valence-electron chi connectivity index (χ3n) is 10.2. The van der Waals surface area contributed by atoms with Crippen LogP contribution < -0.4 is 16.0 Å². The largest absolute Gasteiger partial charge is 0.461 e. The van der Waals surface area contributed by atoms with Crippen LogP contribution in [-0.4, -0.2) is 119 Å². The van der Waals surface area contributed by atoms with E-state index in [1.165, 1.54) is 27.7 Å². The van der Waals surface area contributed by atoms with Gasteiger partial charge in [0.15, 0.2) is 0 Å². The molecular weight excluding hydrogens is 694 g/mol. The average molecular weight is 743 g/mol. The van der Waals surface area contributed by atoms with Gasteiger partial charge in [0.05, 0.1) is 0 Å². The van der Waals surface area contributed by atoms with E-state index in [-0.39, 0.29) is 50.4 Å². The predicted octanol–water partition coefficient (Wildman–Crippen LogP) is 1.11. The number of carbonyl (C=O) groups excluding carboxylic acids is 7. The van der Waals surface area contributed by atoms with Gasteiger partial charge >= 0.3 is 5.97 Å². The lowest BCUT2D eigenvalue weighted by atomic mass is 10.0. The van der Waals surface area contributed by atoms with Crippen LogP contribution >= 0.6 is 0 Å². The molecule has 0 bridgehead atoms. The SMILES string of the molecule is CCCC=CC(=O)N[C@@H](Cc1cc(F)cc(F)c1)C(=O)N[C@H]1COC(=O)[C@@H]2C[C@@H](C)CN2C(=O)[C@H](C)NC(=O)[C@@H]2CCCN2C(=O)[C@@H]2CCCN2C1=O. The zero-order valence-corrected chi connectivity index (χ0v) is 30.3. The normalized spacial score (nSPS) is 27.6. The molecule has 1 aromatic rings. The van der Waals surface area contributed by atoms with Crippen LogP contribution in [-0.2, 0) is 44.7 Å². The molecule has 0 aliphatic carbocycles. The van der Waals surface area contributed by atoms with Crippen LogP contribution in [0.25, 0.3) is 0 Å². The van der Waals surface area contributed by atoms with Crippen molar-refractivity contribution in [3.63, 3.8) is 0 Å². The quantitative estimate of drug-likeness (QED) is 0.263. The molecule has 288 valence electrons. The minimum Gasteiger partial charge on any atom is -0.461 e. The van der Waals surface area contributed by atoms with Gasteiger partial charge in [0.2, 0.25) is 35.4 Å². The number of allylic oxidation sites excluding steroid dienone is 1. The highest BCUT2D eigenvalue weighted by Gasteiger charge is 2.46. The van der Waals surface area contributed by atoms with E-state index in [9.17, 15) is 42.3 Å². The van der Waals surface area contributed by atoms with Gasteiger partial charge < -0.3 is 35.4 Å². The molecule has 0 radical (unpaired) electrons. The summed E-state index contributed by atoms with van der Waals surface area (Å²) in [7, 11) is 0. The second-order valence-electron chi connectivity index (χ2n) is 14.4. The number of hydrogen-bond donors (Lipinski definition) is 3. The number of nitrogens with one attached hydrogen (secondary N) is 3. The van der Waals surface area contributed by atoms with Crippen molar-refractivity contribution in [1.82, 2.24) is 30.7 Å². The van der Waals surface area contributed by atoms with Gasteiger partial charge in [-0.1, -0.05) is 26.3 Å². The number of hydrogen-bond acceptors (Lipinski definition) is 8. The number of esters is 1. The van der Waals surface area contributed by atoms with Gasteiger partial charge in [0.1, 0.15) is 54.5 Å². The van der Waals surface area contributed by atoms with E-state index >= 15 is 0 Å². The van der Waals surface area contributed by atoms with Crippen molar-refractivity contribution in [2.45, 2.75) is 108 Å². The van der Waals surface area contributed by atoms with E-state index in [0.29, 0.717) is 31.7 Å². The fraction of sp³-hybridized carbons (Fsp3) is 0.595. The van der Waals surface area contributed by atoms with Gasteiger partial charge in [-0.15, -0.1) is 0 Å². The first-order valence-electron chi connectivity index (χ1n) is 18.4. The molecule has 4 aliphatic rings. The van der Waals surface area contributed by atoms with Crippen molar-refractivity contribution in [2.75, 3.05) is 26.2 Å². The summed E-state index contributed by atoms with van der Waals surface area (Å²) in [6.07, 6.45) is 5.73. The molecule has 4 saturated heterocycles. The lowest BCUT2D eigenvalue weighted by Gasteiger charge is -2.34. The molecule has 0 aromatic heterocycles. The minimum atomic E-state index is -1.55. The zero-order valence-electron chi connectivity index (χ0n) is 30.3. The summed E-state index contributed by atoms with van der Waals surface area (Å²) in [5.41, 5.74) is 0.0555. The third-order valence-corrected chi connectivity index (χ3v) is 10.2. The van der Waals surface area contributed by atoms with Crippen LogP contribution in [0.4, 0.5) is 8.78 Å². The summed E-state index contributed by atoms with van der Waals surface area (Å²) in [5, 5.41) is 7.84. The predicted molar refractivity (Wildman–Crippen MR) is 185 cm³/mol. The fourth-order valence-corrected chi connectivity index (χ4v) is 7.57. The Morgan fingerprint density at radius 2 is 1.58 bits per heavy atom. The lowest BCUT2D eigenvalue weighted by molar-refractivity contribution is -0.158. The number of carbonyl (C=O) groups is 7. The average Bonchev–Trinajstić information content (AvgIpc) is 3.88. The van der Waals surface area contributed by atoms with Crippen LogP contribution in [0.1, 0.15) is 71.3 Å². The Balaban J connectivity index is 1.47. The summed E-state index contributed by atoms with van der Waals surface area (Å²) >= 11 is 0. The highest BCUT2D eigenvalue weighted by Crippen LogP contribution is 2.28. The number of cyclic esters (lactones) is 1. The maximum atomic E-state index is 14.3. The second-order valence-corrected chi connectivity index (χ2v) is 14.4. The van der Waals surface area contributed by atoms with Crippen LogP contribution in [0, 0.1) is 17.6 Å². The number of halogens is 2. The van der Waals surface area contributed by atoms with Gasteiger partial charge in [-0.05, 0) is 75.1 Å². The number of benzene rings is 1. The maximum Gasteiger partial charge on any atom is 0.328 e. The third kappa shape index (κ3) is 9.38. The Kier molecular flexibility index (Phi) is 12.8. The van der Waals surface area contributed by atoms with Gasteiger partial charge in [0, 0.05) is 32.1 Å². The Morgan fingerprint density at radius 1 is 0.925 bits per heavy atom. The number of amides is 6. The molecule has 7 atom stereocenters. The molecule has 16 heteroatoms. The topological polar surface area (TPSA) is 175 Å². The minimum absolute atomic E-state index is 0.0555. The van der Waals surface area contributed by atoms with Crippen LogP contribution in [0.2, 0.25) is 0 Å². The van der Waals surface area contributed by atoms with Gasteiger partial charge in [-0.3, -0.25) is 28.8 Å². The highest BCUT2D eigenvalue weighted by molar-refractivity contribution is 5.98. The summed E-state index contributed by atoms with van der Waals surface area (Å²) in [4.78, 5) is 99.8. The summed E-state index contributed by atoms with van der Waals surface area (Å²) in [6, 6.07) is -4.13. The van der Waals surface area contributed by atoms with E-state index in [1.54, 1.807) is 6.08 Å². The van der Waals surface area contributed by atoms with Crippen molar-refractivity contribution >= 4 is 41.4 Å². The van der Waals surface area contributed by atoms with Crippen LogP contribution in [0.3, 0.4) is 0 Å². The molecule has 14 nitrogen and oxygen atoms in total. The number of rotatable bonds is 8. The summed E-state index contributed by atoms with van der Waals surface area (Å²) in [5.74, 6) is -6.45. The van der Waals surface area contributed by atoms with Crippen molar-refractivity contribution in [3.8, 4) is 0 Å². The lowest BCUT2D eigenvalue weighted by Crippen LogP contribution is -2.60. The van der Waals surface area contributed by atoms with Crippen LogP contribution in [0.5, 0.6) is 0 Å². The molecule has 4 aliphatic heterocycles. The molecule has 3 N–H and O–H groups in total. The van der Waals surface area contributed by atoms with Crippen molar-refractivity contribution < 1.29 is 47.1 Å². The van der Waals surface area contributed by atoms with Gasteiger partial charge in [-0.25, -0.2) is 13.6 Å². The first-order valence-corrected chi connectivity index (χ1v) is 18.4. The Bertz CT molecular complexity index is 1620. The van der Waals surface area contributed by atoms with Gasteiger partial charge in [-0.2, -0.15) is 0 Å². The standard InChI is InChI=1S/C37H48F2N6O8/c1-4-5-6-11-31(46)41-26(17-23-15-24(38)18-25(39)16-23)32(47)42-27-20-53-37(52)30-14-21(2)19-45(30)34(49)22(3)40-33(48)28-9-7-12-43(28)36(51)29-10-8-13-44(29)35(27)50/h6,11,15-16,18,21-22,26-30H,4-5,7-10,12-14,17,19-20H2,1-3H3,(H,40,48)(H,41,46)(H,42,47)/t21-,22+,26+,27+,28+,29+,30+/m1/s1. The number of fused-ring (bicyclic) bond motifs is 3. The number of nitrogens with zero attached hydrogens (tertiary/aromatic N) is 3. The summed E-state index contributed by atoms with van der Waals surface area (Å²) < 4.78 is 33.9. The molecule has 0 spiro atoms. The molecule has 1 aromatic carbocycles. The molecule has 0 saturated carbocycles. The zero-order chi connectivity index (χ0) is 38.4. The first-order chi connectivity index (χ1) is 25.3. The van der Waals surface area contributed by atoms with E-state index < -0.39 is 95.9 Å². The molecule has 6 amide bonds. The van der Waals surface area contributed by atoms with Crippen molar-refractivity contribution in [1.29, 1.82) is 0 Å². The van der Waals surface area contributed by atoms with E-state index in [2.05, 4.69) is 16.0 Å². The second kappa shape index (κ2) is 17.3. The van der Waals surface area contributed by atoms with E-state index in [0.717, 1.165) is 18.6 Å². The first kappa shape index (κ1) is 39.3. The Hall–Kier alpha value is -4.89. The van der Waals surface area contributed by atoms with Gasteiger partial charge in [0.25, 0.3) is 0 Å². The van der Waals surface area contributed by atoms with Crippen molar-refractivity contribution in [3.05, 3.63) is 47.5 Å². The molecule has 0 unspecified atom stereocenters. The number of unbranched alkanes of at least 4 members (excludes halogenated alkanes) is 1. The van der Waals surface area contributed by atoms with E-state index in [1.807, 2.05) is 13.8 Å². The molecule has 53 heavy (non-hydrogen) atoms. The monoisotopic (exact) mass is 742 g/mol. The molecule has 5 rings (SSSR count). The molecular formula is C37H48F2N6O8.